The summed E-state index contributed by atoms with van der Waals surface area (Å²) in [6, 6.07) is 15.7. The van der Waals surface area contributed by atoms with Gasteiger partial charge in [-0.15, -0.1) is 0 Å². The van der Waals surface area contributed by atoms with Gasteiger partial charge >= 0.3 is 0 Å². The predicted molar refractivity (Wildman–Crippen MR) is 152 cm³/mol. The van der Waals surface area contributed by atoms with Gasteiger partial charge in [0.15, 0.2) is 0 Å². The molecule has 3 atom stereocenters. The van der Waals surface area contributed by atoms with E-state index in [0.717, 1.165) is 31.4 Å². The number of rotatable bonds is 8. The minimum absolute atomic E-state index is 0.0311. The molecule has 4 aliphatic heterocycles. The molecule has 39 heavy (non-hydrogen) atoms. The van der Waals surface area contributed by atoms with Crippen LogP contribution in [0, 0.1) is 5.92 Å². The summed E-state index contributed by atoms with van der Waals surface area (Å²) in [7, 11) is 1.97. The standard InChI is InChI=1S/C32H40N4O3/c1-33(22-23-12-11-20-34-19-10-8-16-27(23)34)29(37)18-3-2-9-21-35-30-24-13-4-5-14-25(24)32(39)36(30)28-17-7-6-15-26(28)31(35)38/h4-7,13-15,17,23,27,30H,2-3,8-12,16,18-22H2,1H3/t23-,27+,30-/m0/s1. The fraction of sp³-hybridized carbons (Fsp3) is 0.531. The highest BCUT2D eigenvalue weighted by atomic mass is 16.2. The Labute approximate surface area is 231 Å². The zero-order valence-corrected chi connectivity index (χ0v) is 23.1. The van der Waals surface area contributed by atoms with E-state index < -0.39 is 6.17 Å². The van der Waals surface area contributed by atoms with Gasteiger partial charge in [0.05, 0.1) is 11.3 Å². The number of para-hydroxylation sites is 1. The molecular weight excluding hydrogens is 488 g/mol. The van der Waals surface area contributed by atoms with Crippen molar-refractivity contribution in [3.05, 3.63) is 65.2 Å². The molecule has 2 fully saturated rings. The van der Waals surface area contributed by atoms with Crippen molar-refractivity contribution in [3.8, 4) is 0 Å². The Hall–Kier alpha value is -3.19. The lowest BCUT2D eigenvalue weighted by Crippen LogP contribution is -2.51. The number of nitrogens with zero attached hydrogens (tertiary/aromatic N) is 4. The lowest BCUT2D eigenvalue weighted by Gasteiger charge is -2.45. The molecule has 2 aromatic rings. The summed E-state index contributed by atoms with van der Waals surface area (Å²) in [5, 5.41) is 0. The summed E-state index contributed by atoms with van der Waals surface area (Å²) in [5.41, 5.74) is 2.82. The van der Waals surface area contributed by atoms with E-state index in [1.165, 1.54) is 45.2 Å². The van der Waals surface area contributed by atoms with Gasteiger partial charge in [0.25, 0.3) is 11.8 Å². The van der Waals surface area contributed by atoms with Crippen molar-refractivity contribution in [2.75, 3.05) is 38.1 Å². The number of hydrogen-bond acceptors (Lipinski definition) is 4. The molecule has 0 aliphatic carbocycles. The Morgan fingerprint density at radius 2 is 1.64 bits per heavy atom. The molecule has 6 rings (SSSR count). The van der Waals surface area contributed by atoms with Crippen LogP contribution in [-0.2, 0) is 4.79 Å². The Balaban J connectivity index is 1.04. The van der Waals surface area contributed by atoms with E-state index in [1.54, 1.807) is 4.90 Å². The zero-order valence-electron chi connectivity index (χ0n) is 23.1. The van der Waals surface area contributed by atoms with Crippen LogP contribution in [0.1, 0.15) is 90.2 Å². The third kappa shape index (κ3) is 4.86. The number of carbonyl (C=O) groups excluding carboxylic acids is 3. The molecule has 0 radical (unpaired) electrons. The highest BCUT2D eigenvalue weighted by Gasteiger charge is 2.47. The number of unbranched alkanes of at least 4 members (excludes halogenated alkanes) is 2. The largest absolute Gasteiger partial charge is 0.345 e. The lowest BCUT2D eigenvalue weighted by molar-refractivity contribution is -0.131. The van der Waals surface area contributed by atoms with E-state index in [-0.39, 0.29) is 17.7 Å². The minimum Gasteiger partial charge on any atom is -0.345 e. The molecule has 0 aromatic heterocycles. The summed E-state index contributed by atoms with van der Waals surface area (Å²) in [4.78, 5) is 48.1. The maximum atomic E-state index is 13.6. The Morgan fingerprint density at radius 1 is 0.872 bits per heavy atom. The van der Waals surface area contributed by atoms with Crippen molar-refractivity contribution in [1.29, 1.82) is 0 Å². The SMILES string of the molecule is CN(C[C@@H]1CCCN2CCCC[C@H]12)C(=O)CCCCCN1C(=O)c2ccccc2N2C(=O)c3ccccc3[C@@H]12. The number of benzene rings is 2. The zero-order chi connectivity index (χ0) is 26.9. The molecule has 206 valence electrons. The van der Waals surface area contributed by atoms with Crippen LogP contribution >= 0.6 is 0 Å². The number of carbonyl (C=O) groups is 3. The minimum atomic E-state index is -0.404. The van der Waals surface area contributed by atoms with Crippen LogP contribution < -0.4 is 4.90 Å². The molecule has 4 heterocycles. The first-order chi connectivity index (χ1) is 19.0. The maximum absolute atomic E-state index is 13.6. The van der Waals surface area contributed by atoms with Gasteiger partial charge in [-0.25, -0.2) is 0 Å². The number of hydrogen-bond donors (Lipinski definition) is 0. The highest BCUT2D eigenvalue weighted by Crippen LogP contribution is 2.45. The third-order valence-electron chi connectivity index (χ3n) is 9.34. The number of piperidine rings is 2. The lowest BCUT2D eigenvalue weighted by atomic mass is 9.83. The second-order valence-corrected chi connectivity index (χ2v) is 11.7. The topological polar surface area (TPSA) is 64.2 Å². The van der Waals surface area contributed by atoms with Gasteiger partial charge in [-0.1, -0.05) is 43.2 Å². The molecule has 2 saturated heterocycles. The Kier molecular flexibility index (Phi) is 7.43. The van der Waals surface area contributed by atoms with Crippen LogP contribution in [0.3, 0.4) is 0 Å². The maximum Gasteiger partial charge on any atom is 0.260 e. The molecule has 0 spiro atoms. The summed E-state index contributed by atoms with van der Waals surface area (Å²) in [6.45, 7) is 3.87. The Bertz CT molecular complexity index is 1240. The van der Waals surface area contributed by atoms with E-state index in [2.05, 4.69) is 4.90 Å². The third-order valence-corrected chi connectivity index (χ3v) is 9.34. The van der Waals surface area contributed by atoms with E-state index in [4.69, 9.17) is 0 Å². The molecule has 7 nitrogen and oxygen atoms in total. The molecule has 0 N–H and O–H groups in total. The molecule has 3 amide bonds. The van der Waals surface area contributed by atoms with Crippen molar-refractivity contribution in [1.82, 2.24) is 14.7 Å². The van der Waals surface area contributed by atoms with Crippen LogP contribution in [0.15, 0.2) is 48.5 Å². The monoisotopic (exact) mass is 528 g/mol. The molecule has 0 unspecified atom stereocenters. The van der Waals surface area contributed by atoms with Gasteiger partial charge in [0.2, 0.25) is 5.91 Å². The van der Waals surface area contributed by atoms with Gasteiger partial charge in [-0.2, -0.15) is 0 Å². The number of anilines is 1. The van der Waals surface area contributed by atoms with Gasteiger partial charge in [0, 0.05) is 43.7 Å². The first-order valence-corrected chi connectivity index (χ1v) is 14.8. The summed E-state index contributed by atoms with van der Waals surface area (Å²) in [6.07, 6.45) is 9.01. The summed E-state index contributed by atoms with van der Waals surface area (Å²) >= 11 is 0. The van der Waals surface area contributed by atoms with Gasteiger partial charge in [-0.05, 0) is 75.7 Å². The van der Waals surface area contributed by atoms with Crippen molar-refractivity contribution >= 4 is 23.4 Å². The molecule has 0 bridgehead atoms. The Morgan fingerprint density at radius 3 is 2.51 bits per heavy atom. The fourth-order valence-corrected chi connectivity index (χ4v) is 7.37. The predicted octanol–water partition coefficient (Wildman–Crippen LogP) is 5.08. The quantitative estimate of drug-likeness (QED) is 0.448. The van der Waals surface area contributed by atoms with Gasteiger partial charge < -0.3 is 14.7 Å². The molecule has 4 aliphatic rings. The van der Waals surface area contributed by atoms with Crippen LogP contribution in [0.4, 0.5) is 5.69 Å². The number of amides is 3. The molecular formula is C32H40N4O3. The molecule has 0 saturated carbocycles. The van der Waals surface area contributed by atoms with Crippen molar-refractivity contribution in [3.63, 3.8) is 0 Å². The van der Waals surface area contributed by atoms with E-state index >= 15 is 0 Å². The first-order valence-electron chi connectivity index (χ1n) is 14.8. The summed E-state index contributed by atoms with van der Waals surface area (Å²) in [5.74, 6) is 0.744. The van der Waals surface area contributed by atoms with Crippen molar-refractivity contribution in [2.24, 2.45) is 5.92 Å². The summed E-state index contributed by atoms with van der Waals surface area (Å²) < 4.78 is 0. The van der Waals surface area contributed by atoms with Crippen LogP contribution in [-0.4, -0.2) is 71.7 Å². The molecule has 7 heteroatoms. The first kappa shape index (κ1) is 26.1. The van der Waals surface area contributed by atoms with E-state index in [9.17, 15) is 14.4 Å². The van der Waals surface area contributed by atoms with Crippen LogP contribution in [0.5, 0.6) is 0 Å². The normalized spacial score (nSPS) is 24.2. The van der Waals surface area contributed by atoms with Gasteiger partial charge in [0.1, 0.15) is 6.17 Å². The second-order valence-electron chi connectivity index (χ2n) is 11.7. The van der Waals surface area contributed by atoms with E-state index in [1.807, 2.05) is 65.4 Å². The van der Waals surface area contributed by atoms with Crippen LogP contribution in [0.2, 0.25) is 0 Å². The number of fused-ring (bicyclic) bond motifs is 6. The average molecular weight is 529 g/mol. The van der Waals surface area contributed by atoms with E-state index in [0.29, 0.717) is 41.7 Å². The average Bonchev–Trinajstić information content (AvgIpc) is 3.27. The van der Waals surface area contributed by atoms with Crippen LogP contribution in [0.25, 0.3) is 0 Å². The van der Waals surface area contributed by atoms with Crippen molar-refractivity contribution in [2.45, 2.75) is 70.0 Å². The smallest absolute Gasteiger partial charge is 0.260 e. The second kappa shape index (κ2) is 11.1. The highest BCUT2D eigenvalue weighted by molar-refractivity contribution is 6.16. The fourth-order valence-electron chi connectivity index (χ4n) is 7.37. The van der Waals surface area contributed by atoms with Crippen molar-refractivity contribution < 1.29 is 14.4 Å². The van der Waals surface area contributed by atoms with Gasteiger partial charge in [-0.3, -0.25) is 19.3 Å². The molecule has 2 aromatic carbocycles.